The normalized spacial score (nSPS) is 27.3. The predicted molar refractivity (Wildman–Crippen MR) is 106 cm³/mol. The summed E-state index contributed by atoms with van der Waals surface area (Å²) in [5.41, 5.74) is 7.58. The number of hydrogen-bond donors (Lipinski definition) is 1. The van der Waals surface area contributed by atoms with Gasteiger partial charge in [-0.25, -0.2) is 0 Å². The zero-order valence-corrected chi connectivity index (χ0v) is 16.5. The third-order valence-electron chi connectivity index (χ3n) is 6.23. The Labute approximate surface area is 163 Å². The molecule has 1 amide bonds. The quantitative estimate of drug-likeness (QED) is 0.675. The summed E-state index contributed by atoms with van der Waals surface area (Å²) in [4.78, 5) is 15.4. The maximum Gasteiger partial charge on any atom is 0.226 e. The van der Waals surface area contributed by atoms with Gasteiger partial charge in [-0.15, -0.1) is 0 Å². The van der Waals surface area contributed by atoms with Crippen LogP contribution >= 0.6 is 0 Å². The number of rotatable bonds is 9. The number of amides is 1. The maximum atomic E-state index is 13.4. The van der Waals surface area contributed by atoms with Gasteiger partial charge in [0.15, 0.2) is 0 Å². The molecule has 0 aromatic heterocycles. The molecule has 2 aliphatic carbocycles. The van der Waals surface area contributed by atoms with Crippen LogP contribution in [0.4, 0.5) is 0 Å². The number of carbonyl (C=O) groups is 1. The zero-order valence-electron chi connectivity index (χ0n) is 16.5. The highest BCUT2D eigenvalue weighted by atomic mass is 16.5. The van der Waals surface area contributed by atoms with Crippen LogP contribution < -0.4 is 5.73 Å². The molecule has 5 heteroatoms. The van der Waals surface area contributed by atoms with Crippen molar-refractivity contribution in [3.8, 4) is 0 Å². The fraction of sp³-hybridized carbons (Fsp3) is 0.682. The Morgan fingerprint density at radius 3 is 2.48 bits per heavy atom. The Kier molecular flexibility index (Phi) is 7.68. The average Bonchev–Trinajstić information content (AvgIpc) is 2.67. The van der Waals surface area contributed by atoms with Crippen molar-refractivity contribution >= 4 is 5.91 Å². The number of nitrogens with two attached hydrogens (primary N) is 1. The van der Waals surface area contributed by atoms with Gasteiger partial charge in [0.05, 0.1) is 19.8 Å². The molecule has 5 nitrogen and oxygen atoms in total. The van der Waals surface area contributed by atoms with Gasteiger partial charge in [0.1, 0.15) is 0 Å². The Hall–Kier alpha value is -1.43. The van der Waals surface area contributed by atoms with Gasteiger partial charge < -0.3 is 20.1 Å². The van der Waals surface area contributed by atoms with Crippen LogP contribution in [0.25, 0.3) is 0 Å². The van der Waals surface area contributed by atoms with E-state index >= 15 is 0 Å². The average molecular weight is 375 g/mol. The molecular weight excluding hydrogens is 340 g/mol. The van der Waals surface area contributed by atoms with Gasteiger partial charge in [-0.1, -0.05) is 36.8 Å². The van der Waals surface area contributed by atoms with Crippen LogP contribution in [0.3, 0.4) is 0 Å². The molecule has 2 atom stereocenters. The monoisotopic (exact) mass is 374 g/mol. The van der Waals surface area contributed by atoms with Crippen molar-refractivity contribution in [3.63, 3.8) is 0 Å². The van der Waals surface area contributed by atoms with Gasteiger partial charge >= 0.3 is 0 Å². The summed E-state index contributed by atoms with van der Waals surface area (Å²) in [6.45, 7) is 2.95. The summed E-state index contributed by atoms with van der Waals surface area (Å²) in [5.74, 6) is 1.42. The molecule has 1 aromatic carbocycles. The van der Waals surface area contributed by atoms with Crippen molar-refractivity contribution in [2.75, 3.05) is 33.5 Å². The predicted octanol–water partition coefficient (Wildman–Crippen LogP) is 2.83. The van der Waals surface area contributed by atoms with E-state index in [1.54, 1.807) is 7.11 Å². The second-order valence-corrected chi connectivity index (χ2v) is 8.05. The molecule has 2 fully saturated rings. The van der Waals surface area contributed by atoms with E-state index in [4.69, 9.17) is 15.2 Å². The number of nitrogens with zero attached hydrogens (tertiary/aromatic N) is 1. The van der Waals surface area contributed by atoms with Gasteiger partial charge in [0, 0.05) is 32.2 Å². The highest BCUT2D eigenvalue weighted by molar-refractivity contribution is 5.79. The number of hydrogen-bond acceptors (Lipinski definition) is 4. The standard InChI is InChI=1S/C22H34N2O3/c1-26-12-13-27-11-10-24(16-17-6-3-2-4-7-17)22(25)20-14-18-8-5-9-19(15-20)21(18)23/h2-4,6-7,18-21H,5,8-16,23H2,1H3. The molecule has 0 heterocycles. The fourth-order valence-corrected chi connectivity index (χ4v) is 4.74. The van der Waals surface area contributed by atoms with Crippen LogP contribution in [-0.4, -0.2) is 50.3 Å². The number of methoxy groups -OCH3 is 1. The lowest BCUT2D eigenvalue weighted by Gasteiger charge is -2.44. The Balaban J connectivity index is 1.62. The summed E-state index contributed by atoms with van der Waals surface area (Å²) in [6.07, 6.45) is 5.53. The highest BCUT2D eigenvalue weighted by Gasteiger charge is 2.41. The smallest absolute Gasteiger partial charge is 0.226 e. The summed E-state index contributed by atoms with van der Waals surface area (Å²) < 4.78 is 10.7. The maximum absolute atomic E-state index is 13.4. The Morgan fingerprint density at radius 1 is 1.11 bits per heavy atom. The van der Waals surface area contributed by atoms with Gasteiger partial charge in [0.25, 0.3) is 0 Å². The van der Waals surface area contributed by atoms with E-state index in [2.05, 4.69) is 12.1 Å². The van der Waals surface area contributed by atoms with Crippen molar-refractivity contribution in [2.45, 2.75) is 44.7 Å². The van der Waals surface area contributed by atoms with E-state index in [0.717, 1.165) is 18.4 Å². The van der Waals surface area contributed by atoms with Gasteiger partial charge in [-0.2, -0.15) is 0 Å². The number of fused-ring (bicyclic) bond motifs is 2. The second-order valence-electron chi connectivity index (χ2n) is 8.05. The van der Waals surface area contributed by atoms with E-state index in [9.17, 15) is 4.79 Å². The van der Waals surface area contributed by atoms with Crippen molar-refractivity contribution in [1.82, 2.24) is 4.90 Å². The SMILES string of the molecule is COCCOCCN(Cc1ccccc1)C(=O)C1CC2CCCC(C1)C2N. The first-order chi connectivity index (χ1) is 13.2. The molecule has 3 rings (SSSR count). The molecule has 0 spiro atoms. The third kappa shape index (κ3) is 5.53. The molecule has 0 aliphatic heterocycles. The number of carbonyl (C=O) groups excluding carboxylic acids is 1. The second kappa shape index (κ2) is 10.2. The minimum atomic E-state index is 0.114. The molecule has 0 radical (unpaired) electrons. The van der Waals surface area contributed by atoms with Crippen molar-refractivity contribution in [3.05, 3.63) is 35.9 Å². The molecule has 2 unspecified atom stereocenters. The minimum Gasteiger partial charge on any atom is -0.382 e. The molecule has 2 aliphatic rings. The molecule has 150 valence electrons. The minimum absolute atomic E-state index is 0.114. The first kappa shape index (κ1) is 20.3. The number of ether oxygens (including phenoxy) is 2. The van der Waals surface area contributed by atoms with Crippen LogP contribution in [0.1, 0.15) is 37.7 Å². The highest BCUT2D eigenvalue weighted by Crippen LogP contribution is 2.42. The van der Waals surface area contributed by atoms with Crippen LogP contribution in [-0.2, 0) is 20.8 Å². The van der Waals surface area contributed by atoms with E-state index in [0.29, 0.717) is 50.8 Å². The molecule has 0 saturated heterocycles. The molecule has 27 heavy (non-hydrogen) atoms. The zero-order chi connectivity index (χ0) is 19.1. The van der Waals surface area contributed by atoms with E-state index in [1.807, 2.05) is 23.1 Å². The van der Waals surface area contributed by atoms with Gasteiger partial charge in [0.2, 0.25) is 5.91 Å². The van der Waals surface area contributed by atoms with Crippen molar-refractivity contribution in [2.24, 2.45) is 23.5 Å². The van der Waals surface area contributed by atoms with Crippen LogP contribution in [0.2, 0.25) is 0 Å². The van der Waals surface area contributed by atoms with Crippen LogP contribution in [0, 0.1) is 17.8 Å². The summed E-state index contributed by atoms with van der Waals surface area (Å²) >= 11 is 0. The summed E-state index contributed by atoms with van der Waals surface area (Å²) in [7, 11) is 1.67. The molecule has 2 N–H and O–H groups in total. The third-order valence-corrected chi connectivity index (χ3v) is 6.23. The van der Waals surface area contributed by atoms with Crippen molar-refractivity contribution in [1.29, 1.82) is 0 Å². The largest absolute Gasteiger partial charge is 0.382 e. The lowest BCUT2D eigenvalue weighted by molar-refractivity contribution is -0.140. The molecule has 2 bridgehead atoms. The first-order valence-corrected chi connectivity index (χ1v) is 10.3. The van der Waals surface area contributed by atoms with E-state index in [-0.39, 0.29) is 11.8 Å². The first-order valence-electron chi connectivity index (χ1n) is 10.3. The Morgan fingerprint density at radius 2 is 1.81 bits per heavy atom. The molecule has 1 aromatic rings. The van der Waals surface area contributed by atoms with E-state index < -0.39 is 0 Å². The summed E-state index contributed by atoms with van der Waals surface area (Å²) in [5, 5.41) is 0. The van der Waals surface area contributed by atoms with Gasteiger partial charge in [-0.3, -0.25) is 4.79 Å². The van der Waals surface area contributed by atoms with Gasteiger partial charge in [-0.05, 0) is 43.1 Å². The van der Waals surface area contributed by atoms with Crippen LogP contribution in [0.15, 0.2) is 30.3 Å². The molecule has 2 saturated carbocycles. The number of benzene rings is 1. The topological polar surface area (TPSA) is 64.8 Å². The lowest BCUT2D eigenvalue weighted by atomic mass is 9.65. The summed E-state index contributed by atoms with van der Waals surface area (Å²) in [6, 6.07) is 10.5. The van der Waals surface area contributed by atoms with Crippen molar-refractivity contribution < 1.29 is 14.3 Å². The molecular formula is C22H34N2O3. The fourth-order valence-electron chi connectivity index (χ4n) is 4.74. The lowest BCUT2D eigenvalue weighted by Crippen LogP contribution is -2.50. The Bertz CT molecular complexity index is 566. The van der Waals surface area contributed by atoms with E-state index in [1.165, 1.54) is 19.3 Å². The van der Waals surface area contributed by atoms with Crippen LogP contribution in [0.5, 0.6) is 0 Å².